The van der Waals surface area contributed by atoms with Gasteiger partial charge in [-0.15, -0.1) is 11.8 Å². The van der Waals surface area contributed by atoms with Crippen LogP contribution in [0.3, 0.4) is 0 Å². The summed E-state index contributed by atoms with van der Waals surface area (Å²) in [7, 11) is 0. The quantitative estimate of drug-likeness (QED) is 0.507. The van der Waals surface area contributed by atoms with Gasteiger partial charge in [0, 0.05) is 49.4 Å². The molecule has 1 N–H and O–H groups in total. The van der Waals surface area contributed by atoms with Crippen LogP contribution in [0.2, 0.25) is 1.41 Å². The minimum Gasteiger partial charge on any atom is -0.348 e. The molecule has 0 radical (unpaired) electrons. The topological polar surface area (TPSA) is 49.4 Å². The van der Waals surface area contributed by atoms with E-state index in [0.717, 1.165) is 41.6 Å². The number of nitrogens with zero attached hydrogens (tertiary/aromatic N) is 1. The average Bonchev–Trinajstić information content (AvgIpc) is 2.98. The van der Waals surface area contributed by atoms with Gasteiger partial charge in [-0.1, -0.05) is 12.8 Å². The molecule has 2 aliphatic rings. The molecule has 2 aliphatic heterocycles. The van der Waals surface area contributed by atoms with E-state index in [-0.39, 0.29) is 43.9 Å². The Morgan fingerprint density at radius 3 is 2.68 bits per heavy atom. The third-order valence-electron chi connectivity index (χ3n) is 5.20. The molecule has 0 saturated carbocycles. The van der Waals surface area contributed by atoms with Gasteiger partial charge in [-0.05, 0) is 30.7 Å². The predicted octanol–water partition coefficient (Wildman–Crippen LogP) is 4.37. The van der Waals surface area contributed by atoms with Crippen LogP contribution in [0.25, 0.3) is 0 Å². The van der Waals surface area contributed by atoms with Crippen LogP contribution in [0, 0.1) is 5.82 Å². The number of alkyl halides is 2. The molecule has 0 unspecified atom stereocenters. The molecule has 1 aromatic carbocycles. The third kappa shape index (κ3) is 5.21. The summed E-state index contributed by atoms with van der Waals surface area (Å²) in [5, 5.41) is 0.776. The molecular weight excluding hydrogens is 389 g/mol. The minimum atomic E-state index is -2.63. The zero-order chi connectivity index (χ0) is 21.0. The van der Waals surface area contributed by atoms with Gasteiger partial charge in [-0.2, -0.15) is 0 Å². The van der Waals surface area contributed by atoms with Crippen LogP contribution in [0.15, 0.2) is 17.0 Å². The Morgan fingerprint density at radius 1 is 1.21 bits per heavy atom. The van der Waals surface area contributed by atoms with Gasteiger partial charge in [0.25, 0.3) is 11.8 Å². The lowest BCUT2D eigenvalue weighted by molar-refractivity contribution is -0.137. The van der Waals surface area contributed by atoms with Crippen LogP contribution in [-0.4, -0.2) is 41.5 Å². The SMILES string of the molecule is [2H]N1Cc2c(SCCCCCCC(=O)N3CCC(F)(F)CC3)ccc(F)c2C1=O. The zero-order valence-corrected chi connectivity index (χ0v) is 16.5. The van der Waals surface area contributed by atoms with Gasteiger partial charge in [0.15, 0.2) is 1.41 Å². The van der Waals surface area contributed by atoms with E-state index in [0.29, 0.717) is 12.0 Å². The Bertz CT molecular complexity index is 768. The molecule has 2 heterocycles. The number of hydrogen-bond acceptors (Lipinski definition) is 3. The first-order chi connectivity index (χ1) is 13.8. The Kier molecular flexibility index (Phi) is 6.44. The van der Waals surface area contributed by atoms with E-state index in [1.807, 2.05) is 0 Å². The number of nitrogens with one attached hydrogen (secondary N) is 1. The van der Waals surface area contributed by atoms with E-state index in [2.05, 4.69) is 0 Å². The number of amides is 2. The second-order valence-corrected chi connectivity index (χ2v) is 8.41. The Balaban J connectivity index is 1.32. The molecule has 2 amide bonds. The van der Waals surface area contributed by atoms with Gasteiger partial charge in [0.2, 0.25) is 5.91 Å². The number of carbonyl (C=O) groups is 2. The summed E-state index contributed by atoms with van der Waals surface area (Å²) in [6.07, 6.45) is 3.39. The molecule has 0 spiro atoms. The van der Waals surface area contributed by atoms with Gasteiger partial charge in [-0.3, -0.25) is 9.59 Å². The fraction of sp³-hybridized carbons (Fsp3) is 0.600. The van der Waals surface area contributed by atoms with Crippen molar-refractivity contribution in [3.05, 3.63) is 29.1 Å². The highest BCUT2D eigenvalue weighted by Crippen LogP contribution is 2.31. The number of hydrogen-bond donors (Lipinski definition) is 1. The van der Waals surface area contributed by atoms with Crippen LogP contribution in [0.5, 0.6) is 0 Å². The second kappa shape index (κ2) is 9.20. The summed E-state index contributed by atoms with van der Waals surface area (Å²) >= 11 is 1.55. The first-order valence-corrected chi connectivity index (χ1v) is 10.7. The van der Waals surface area contributed by atoms with Crippen molar-refractivity contribution >= 4 is 23.6 Å². The van der Waals surface area contributed by atoms with Gasteiger partial charge >= 0.3 is 0 Å². The minimum absolute atomic E-state index is 0.0130. The molecule has 0 aliphatic carbocycles. The maximum Gasteiger partial charge on any atom is 0.254 e. The molecule has 0 aromatic heterocycles. The van der Waals surface area contributed by atoms with Gasteiger partial charge in [0.05, 0.1) is 5.56 Å². The summed E-state index contributed by atoms with van der Waals surface area (Å²) in [6, 6.07) is 2.94. The summed E-state index contributed by atoms with van der Waals surface area (Å²) < 4.78 is 47.7. The molecule has 4 nitrogen and oxygen atoms in total. The van der Waals surface area contributed by atoms with Crippen molar-refractivity contribution < 1.29 is 24.2 Å². The smallest absolute Gasteiger partial charge is 0.254 e. The number of fused-ring (bicyclic) bond motifs is 1. The molecular formula is C20H25F3N2O2S. The summed E-state index contributed by atoms with van der Waals surface area (Å²) in [4.78, 5) is 26.3. The molecule has 154 valence electrons. The van der Waals surface area contributed by atoms with E-state index < -0.39 is 17.6 Å². The average molecular weight is 415 g/mol. The number of rotatable bonds is 8. The standard InChI is InChI=1S/C20H25F3N2O2S/c21-15-6-7-16(14-13-24-19(27)18(14)15)28-12-4-2-1-3-5-17(26)25-10-8-20(22,23)9-11-25/h6-7H,1-5,8-13H2,(H,24,27)/i/hD. The monoisotopic (exact) mass is 415 g/mol. The molecule has 1 saturated heterocycles. The van der Waals surface area contributed by atoms with Crippen LogP contribution in [0.1, 0.15) is 60.9 Å². The highest BCUT2D eigenvalue weighted by Gasteiger charge is 2.35. The molecule has 0 atom stereocenters. The molecule has 8 heteroatoms. The highest BCUT2D eigenvalue weighted by molar-refractivity contribution is 7.99. The van der Waals surface area contributed by atoms with Gasteiger partial charge < -0.3 is 10.2 Å². The number of halogens is 3. The molecule has 3 rings (SSSR count). The zero-order valence-electron chi connectivity index (χ0n) is 16.7. The van der Waals surface area contributed by atoms with E-state index in [9.17, 15) is 22.8 Å². The number of thioether (sulfide) groups is 1. The summed E-state index contributed by atoms with van der Waals surface area (Å²) in [5.74, 6) is -3.04. The van der Waals surface area contributed by atoms with E-state index >= 15 is 0 Å². The normalized spacial score (nSPS) is 19.0. The third-order valence-corrected chi connectivity index (χ3v) is 6.39. The maximum absolute atomic E-state index is 13.9. The lowest BCUT2D eigenvalue weighted by Gasteiger charge is -2.31. The fourth-order valence-electron chi connectivity index (χ4n) is 3.51. The van der Waals surface area contributed by atoms with Crippen LogP contribution < -0.4 is 5.31 Å². The van der Waals surface area contributed by atoms with Crippen molar-refractivity contribution in [1.82, 2.24) is 10.2 Å². The Hall–Kier alpha value is -1.70. The van der Waals surface area contributed by atoms with Crippen molar-refractivity contribution in [2.45, 2.75) is 62.3 Å². The molecule has 0 bridgehead atoms. The maximum atomic E-state index is 13.9. The number of likely N-dealkylation sites (tertiary alicyclic amines) is 1. The van der Waals surface area contributed by atoms with Crippen molar-refractivity contribution in [2.24, 2.45) is 0 Å². The number of piperidine rings is 1. The predicted molar refractivity (Wildman–Crippen MR) is 102 cm³/mol. The van der Waals surface area contributed by atoms with Gasteiger partial charge in [-0.25, -0.2) is 13.2 Å². The first-order valence-electron chi connectivity index (χ1n) is 10.1. The number of unbranched alkanes of at least 4 members (excludes halogenated alkanes) is 3. The Labute approximate surface area is 168 Å². The lowest BCUT2D eigenvalue weighted by Crippen LogP contribution is -2.42. The number of carbonyl (C=O) groups excluding carboxylic acids is 2. The second-order valence-electron chi connectivity index (χ2n) is 7.27. The van der Waals surface area contributed by atoms with E-state index in [1.165, 1.54) is 6.07 Å². The van der Waals surface area contributed by atoms with Crippen molar-refractivity contribution in [1.29, 1.82) is 0 Å². The molecule has 28 heavy (non-hydrogen) atoms. The lowest BCUT2D eigenvalue weighted by atomic mass is 10.1. The van der Waals surface area contributed by atoms with Crippen LogP contribution >= 0.6 is 11.8 Å². The van der Waals surface area contributed by atoms with Crippen molar-refractivity contribution in [2.75, 3.05) is 18.8 Å². The molecule has 1 aromatic rings. The van der Waals surface area contributed by atoms with Crippen molar-refractivity contribution in [3.63, 3.8) is 0 Å². The van der Waals surface area contributed by atoms with E-state index in [1.54, 1.807) is 22.7 Å². The Morgan fingerprint density at radius 2 is 1.93 bits per heavy atom. The first kappa shape index (κ1) is 19.6. The highest BCUT2D eigenvalue weighted by atomic mass is 32.2. The van der Waals surface area contributed by atoms with Crippen LogP contribution in [0.4, 0.5) is 13.2 Å². The van der Waals surface area contributed by atoms with E-state index in [4.69, 9.17) is 1.41 Å². The van der Waals surface area contributed by atoms with Crippen molar-refractivity contribution in [3.8, 4) is 0 Å². The molecule has 1 fully saturated rings. The number of benzene rings is 1. The fourth-order valence-corrected chi connectivity index (χ4v) is 4.58. The largest absolute Gasteiger partial charge is 0.348 e. The summed E-state index contributed by atoms with van der Waals surface area (Å²) in [5.41, 5.74) is 0.603. The van der Waals surface area contributed by atoms with Crippen LogP contribution in [-0.2, 0) is 11.3 Å². The van der Waals surface area contributed by atoms with Gasteiger partial charge in [0.1, 0.15) is 5.82 Å². The summed E-state index contributed by atoms with van der Waals surface area (Å²) in [6.45, 7) is 0.393.